The molecule has 1 aliphatic carbocycles. The molecule has 2 rings (SSSR count). The molecule has 0 radical (unpaired) electrons. The van der Waals surface area contributed by atoms with E-state index in [0.29, 0.717) is 23.5 Å². The van der Waals surface area contributed by atoms with Crippen molar-refractivity contribution in [1.82, 2.24) is 9.78 Å². The smallest absolute Gasteiger partial charge is 0.333 e. The third-order valence-electron chi connectivity index (χ3n) is 3.63. The van der Waals surface area contributed by atoms with Crippen LogP contribution in [0.1, 0.15) is 51.8 Å². The lowest BCUT2D eigenvalue weighted by molar-refractivity contribution is -0.384. The standard InChI is InChI=1S/C13H22N4O2/c1-5-6-10-7-11(10)14-13-12(17(18)19)9(4)15-16(13)8(2)3/h8,10-11,14H,5-7H2,1-4H3. The van der Waals surface area contributed by atoms with Crippen molar-refractivity contribution in [3.05, 3.63) is 15.8 Å². The zero-order chi connectivity index (χ0) is 14.2. The van der Waals surface area contributed by atoms with E-state index < -0.39 is 0 Å². The molecule has 2 unspecified atom stereocenters. The molecule has 1 aliphatic rings. The van der Waals surface area contributed by atoms with Crippen LogP contribution in [0.3, 0.4) is 0 Å². The Morgan fingerprint density at radius 1 is 1.58 bits per heavy atom. The molecule has 1 saturated carbocycles. The highest BCUT2D eigenvalue weighted by Crippen LogP contribution is 2.40. The summed E-state index contributed by atoms with van der Waals surface area (Å²) in [4.78, 5) is 10.9. The largest absolute Gasteiger partial charge is 0.361 e. The third-order valence-corrected chi connectivity index (χ3v) is 3.63. The molecule has 6 heteroatoms. The molecule has 1 aromatic rings. The minimum absolute atomic E-state index is 0.110. The van der Waals surface area contributed by atoms with Gasteiger partial charge in [-0.1, -0.05) is 13.3 Å². The predicted octanol–water partition coefficient (Wildman–Crippen LogP) is 3.28. The molecule has 0 bridgehead atoms. The second-order valence-electron chi connectivity index (χ2n) is 5.61. The van der Waals surface area contributed by atoms with Gasteiger partial charge in [-0.2, -0.15) is 5.10 Å². The third kappa shape index (κ3) is 2.72. The molecule has 0 spiro atoms. The van der Waals surface area contributed by atoms with Crippen molar-refractivity contribution in [2.45, 2.75) is 59.0 Å². The Labute approximate surface area is 113 Å². The fourth-order valence-electron chi connectivity index (χ4n) is 2.56. The maximum absolute atomic E-state index is 11.2. The topological polar surface area (TPSA) is 73.0 Å². The van der Waals surface area contributed by atoms with Crippen LogP contribution in [-0.2, 0) is 0 Å². The van der Waals surface area contributed by atoms with Crippen LogP contribution < -0.4 is 5.32 Å². The van der Waals surface area contributed by atoms with Gasteiger partial charge in [-0.25, -0.2) is 4.68 Å². The molecule has 1 heterocycles. The van der Waals surface area contributed by atoms with Crippen molar-refractivity contribution < 1.29 is 4.92 Å². The van der Waals surface area contributed by atoms with E-state index in [1.165, 1.54) is 6.42 Å². The first-order chi connectivity index (χ1) is 8.95. The van der Waals surface area contributed by atoms with Gasteiger partial charge >= 0.3 is 5.69 Å². The highest BCUT2D eigenvalue weighted by Gasteiger charge is 2.39. The summed E-state index contributed by atoms with van der Waals surface area (Å²) < 4.78 is 1.73. The summed E-state index contributed by atoms with van der Waals surface area (Å²) in [5, 5.41) is 18.8. The molecule has 1 aromatic heterocycles. The number of nitro groups is 1. The van der Waals surface area contributed by atoms with Gasteiger partial charge in [0, 0.05) is 12.1 Å². The van der Waals surface area contributed by atoms with Gasteiger partial charge in [0.2, 0.25) is 5.82 Å². The number of anilines is 1. The number of hydrogen-bond acceptors (Lipinski definition) is 4. The Bertz CT molecular complexity index is 481. The lowest BCUT2D eigenvalue weighted by Gasteiger charge is -2.11. The number of nitrogens with zero attached hydrogens (tertiary/aromatic N) is 3. The second kappa shape index (κ2) is 5.19. The van der Waals surface area contributed by atoms with E-state index in [0.717, 1.165) is 12.8 Å². The fourth-order valence-corrected chi connectivity index (χ4v) is 2.56. The first-order valence-corrected chi connectivity index (χ1v) is 6.95. The SMILES string of the molecule is CCCC1CC1Nc1c([N+](=O)[O-])c(C)nn1C(C)C. The molecule has 106 valence electrons. The van der Waals surface area contributed by atoms with Gasteiger partial charge in [0.25, 0.3) is 0 Å². The van der Waals surface area contributed by atoms with Crippen LogP contribution in [0.15, 0.2) is 0 Å². The highest BCUT2D eigenvalue weighted by molar-refractivity contribution is 5.60. The van der Waals surface area contributed by atoms with Gasteiger partial charge < -0.3 is 5.32 Å². The summed E-state index contributed by atoms with van der Waals surface area (Å²) in [6.45, 7) is 7.83. The predicted molar refractivity (Wildman–Crippen MR) is 74.4 cm³/mol. The van der Waals surface area contributed by atoms with Gasteiger partial charge in [-0.15, -0.1) is 0 Å². The quantitative estimate of drug-likeness (QED) is 0.633. The zero-order valence-corrected chi connectivity index (χ0v) is 12.0. The Hall–Kier alpha value is -1.59. The van der Waals surface area contributed by atoms with Crippen LogP contribution in [0.4, 0.5) is 11.5 Å². The minimum atomic E-state index is -0.333. The number of hydrogen-bond donors (Lipinski definition) is 1. The normalized spacial score (nSPS) is 21.7. The molecule has 0 amide bonds. The van der Waals surface area contributed by atoms with Crippen LogP contribution in [0, 0.1) is 23.0 Å². The first-order valence-electron chi connectivity index (χ1n) is 6.95. The van der Waals surface area contributed by atoms with E-state index in [9.17, 15) is 10.1 Å². The zero-order valence-electron chi connectivity index (χ0n) is 12.0. The first kappa shape index (κ1) is 13.8. The molecule has 6 nitrogen and oxygen atoms in total. The van der Waals surface area contributed by atoms with E-state index >= 15 is 0 Å². The number of aryl methyl sites for hydroxylation is 1. The van der Waals surface area contributed by atoms with Gasteiger partial charge in [0.15, 0.2) is 0 Å². The molecule has 0 aliphatic heterocycles. The van der Waals surface area contributed by atoms with Crippen molar-refractivity contribution in [2.75, 3.05) is 5.32 Å². The lowest BCUT2D eigenvalue weighted by atomic mass is 10.2. The average molecular weight is 266 g/mol. The number of rotatable bonds is 6. The molecule has 0 saturated heterocycles. The van der Waals surface area contributed by atoms with Crippen LogP contribution in [0.2, 0.25) is 0 Å². The van der Waals surface area contributed by atoms with E-state index in [2.05, 4.69) is 17.3 Å². The van der Waals surface area contributed by atoms with Crippen molar-refractivity contribution in [2.24, 2.45) is 5.92 Å². The van der Waals surface area contributed by atoms with Crippen molar-refractivity contribution in [3.63, 3.8) is 0 Å². The molecular formula is C13H22N4O2. The van der Waals surface area contributed by atoms with E-state index in [4.69, 9.17) is 0 Å². The Balaban J connectivity index is 2.24. The van der Waals surface area contributed by atoms with Gasteiger partial charge in [0.1, 0.15) is 5.69 Å². The second-order valence-corrected chi connectivity index (χ2v) is 5.61. The average Bonchev–Trinajstić information content (AvgIpc) is 2.93. The van der Waals surface area contributed by atoms with Crippen molar-refractivity contribution in [1.29, 1.82) is 0 Å². The van der Waals surface area contributed by atoms with E-state index in [1.54, 1.807) is 11.6 Å². The summed E-state index contributed by atoms with van der Waals surface area (Å²) in [5.74, 6) is 1.22. The Morgan fingerprint density at radius 3 is 2.79 bits per heavy atom. The Kier molecular flexibility index (Phi) is 3.78. The van der Waals surface area contributed by atoms with Gasteiger partial charge in [-0.3, -0.25) is 10.1 Å². The molecule has 19 heavy (non-hydrogen) atoms. The molecule has 0 aromatic carbocycles. The van der Waals surface area contributed by atoms with Crippen LogP contribution in [0.25, 0.3) is 0 Å². The number of nitrogens with one attached hydrogen (secondary N) is 1. The molecule has 2 atom stereocenters. The maximum atomic E-state index is 11.2. The lowest BCUT2D eigenvalue weighted by Crippen LogP contribution is -2.13. The summed E-state index contributed by atoms with van der Waals surface area (Å²) >= 11 is 0. The minimum Gasteiger partial charge on any atom is -0.361 e. The van der Waals surface area contributed by atoms with E-state index in [-0.39, 0.29) is 16.7 Å². The monoisotopic (exact) mass is 266 g/mol. The van der Waals surface area contributed by atoms with Crippen LogP contribution in [-0.4, -0.2) is 20.7 Å². The summed E-state index contributed by atoms with van der Waals surface area (Å²) in [5.41, 5.74) is 0.602. The molecule has 1 fully saturated rings. The van der Waals surface area contributed by atoms with Crippen molar-refractivity contribution >= 4 is 11.5 Å². The van der Waals surface area contributed by atoms with E-state index in [1.807, 2.05) is 13.8 Å². The molecular weight excluding hydrogens is 244 g/mol. The highest BCUT2D eigenvalue weighted by atomic mass is 16.6. The van der Waals surface area contributed by atoms with Crippen LogP contribution >= 0.6 is 0 Å². The summed E-state index contributed by atoms with van der Waals surface area (Å²) in [7, 11) is 0. The molecule has 1 N–H and O–H groups in total. The van der Waals surface area contributed by atoms with Crippen LogP contribution in [0.5, 0.6) is 0 Å². The van der Waals surface area contributed by atoms with Gasteiger partial charge in [-0.05, 0) is 39.5 Å². The Morgan fingerprint density at radius 2 is 2.26 bits per heavy atom. The summed E-state index contributed by atoms with van der Waals surface area (Å²) in [6.07, 6.45) is 3.45. The fraction of sp³-hybridized carbons (Fsp3) is 0.769. The summed E-state index contributed by atoms with van der Waals surface area (Å²) in [6, 6.07) is 0.477. The van der Waals surface area contributed by atoms with Gasteiger partial charge in [0.05, 0.1) is 4.92 Å². The maximum Gasteiger partial charge on any atom is 0.333 e. The van der Waals surface area contributed by atoms with Crippen molar-refractivity contribution in [3.8, 4) is 0 Å². The number of aromatic nitrogens is 2.